The van der Waals surface area contributed by atoms with Gasteiger partial charge in [-0.1, -0.05) is 12.1 Å². The third-order valence-corrected chi connectivity index (χ3v) is 2.82. The number of carbonyl (C=O) groups excluding carboxylic acids is 2. The van der Waals surface area contributed by atoms with Crippen LogP contribution in [0.15, 0.2) is 18.2 Å². The summed E-state index contributed by atoms with van der Waals surface area (Å²) in [6.45, 7) is 1.07. The highest BCUT2D eigenvalue weighted by Gasteiger charge is 2.25. The molecule has 0 atom stereocenters. The molecule has 0 aliphatic carbocycles. The number of nitro benzene ring substituents is 1. The summed E-state index contributed by atoms with van der Waals surface area (Å²) in [7, 11) is 2.40. The van der Waals surface area contributed by atoms with Gasteiger partial charge in [0.05, 0.1) is 19.1 Å². The van der Waals surface area contributed by atoms with E-state index in [4.69, 9.17) is 0 Å². The van der Waals surface area contributed by atoms with Crippen molar-refractivity contribution in [2.24, 2.45) is 0 Å². The van der Waals surface area contributed by atoms with Gasteiger partial charge in [0.25, 0.3) is 5.69 Å². The molecule has 0 aromatic heterocycles. The molecule has 0 spiro atoms. The fraction of sp³-hybridized carbons (Fsp3) is 0.385. The van der Waals surface area contributed by atoms with Gasteiger partial charge in [-0.25, -0.2) is 0 Å². The summed E-state index contributed by atoms with van der Waals surface area (Å²) in [5, 5.41) is 11.1. The summed E-state index contributed by atoms with van der Waals surface area (Å²) >= 11 is 0. The van der Waals surface area contributed by atoms with Crippen molar-refractivity contribution in [2.45, 2.75) is 6.92 Å². The van der Waals surface area contributed by atoms with Gasteiger partial charge >= 0.3 is 11.9 Å². The number of benzene rings is 1. The summed E-state index contributed by atoms with van der Waals surface area (Å²) in [6.07, 6.45) is 0. The topological polar surface area (TPSA) is 99.0 Å². The maximum Gasteiger partial charge on any atom is 0.325 e. The van der Waals surface area contributed by atoms with E-state index in [2.05, 4.69) is 9.47 Å². The van der Waals surface area contributed by atoms with Crippen LogP contribution in [0.4, 0.5) is 11.4 Å². The van der Waals surface area contributed by atoms with E-state index in [1.165, 1.54) is 31.3 Å². The Bertz CT molecular complexity index is 540. The van der Waals surface area contributed by atoms with Crippen molar-refractivity contribution in [2.75, 3.05) is 32.2 Å². The van der Waals surface area contributed by atoms with Gasteiger partial charge in [0.2, 0.25) is 0 Å². The number of esters is 2. The molecule has 114 valence electrons. The summed E-state index contributed by atoms with van der Waals surface area (Å²) in [4.78, 5) is 34.8. The third kappa shape index (κ3) is 4.16. The maximum atomic E-state index is 11.5. The largest absolute Gasteiger partial charge is 0.468 e. The Morgan fingerprint density at radius 3 is 2.14 bits per heavy atom. The Hall–Kier alpha value is -2.64. The fourth-order valence-corrected chi connectivity index (χ4v) is 1.86. The average molecular weight is 296 g/mol. The Kier molecular flexibility index (Phi) is 5.65. The summed E-state index contributed by atoms with van der Waals surface area (Å²) in [6, 6.07) is 4.50. The lowest BCUT2D eigenvalue weighted by Gasteiger charge is -2.23. The molecule has 0 bridgehead atoms. The molecule has 0 amide bonds. The minimum Gasteiger partial charge on any atom is -0.468 e. The first-order valence-corrected chi connectivity index (χ1v) is 6.03. The molecule has 0 unspecified atom stereocenters. The Morgan fingerprint density at radius 1 is 1.19 bits per heavy atom. The van der Waals surface area contributed by atoms with Crippen molar-refractivity contribution < 1.29 is 24.0 Å². The molecule has 0 heterocycles. The highest BCUT2D eigenvalue weighted by molar-refractivity contribution is 5.84. The lowest BCUT2D eigenvalue weighted by atomic mass is 10.1. The molecule has 0 saturated heterocycles. The zero-order chi connectivity index (χ0) is 16.0. The van der Waals surface area contributed by atoms with Crippen molar-refractivity contribution in [1.29, 1.82) is 0 Å². The summed E-state index contributed by atoms with van der Waals surface area (Å²) in [5.74, 6) is -1.23. The second-order valence-electron chi connectivity index (χ2n) is 4.21. The van der Waals surface area contributed by atoms with Crippen molar-refractivity contribution in [3.05, 3.63) is 33.9 Å². The van der Waals surface area contributed by atoms with Crippen LogP contribution in [0.25, 0.3) is 0 Å². The van der Waals surface area contributed by atoms with Crippen LogP contribution >= 0.6 is 0 Å². The van der Waals surface area contributed by atoms with E-state index >= 15 is 0 Å². The van der Waals surface area contributed by atoms with Gasteiger partial charge < -0.3 is 14.4 Å². The molecular formula is C13H16N2O6. The van der Waals surface area contributed by atoms with Crippen molar-refractivity contribution in [1.82, 2.24) is 0 Å². The molecule has 8 heteroatoms. The van der Waals surface area contributed by atoms with Crippen molar-refractivity contribution in [3.8, 4) is 0 Å². The van der Waals surface area contributed by atoms with Crippen LogP contribution in [-0.2, 0) is 19.1 Å². The van der Waals surface area contributed by atoms with Crippen LogP contribution in [0.3, 0.4) is 0 Å². The lowest BCUT2D eigenvalue weighted by molar-refractivity contribution is -0.384. The number of para-hydroxylation sites is 1. The predicted molar refractivity (Wildman–Crippen MR) is 74.1 cm³/mol. The van der Waals surface area contributed by atoms with E-state index in [9.17, 15) is 19.7 Å². The molecule has 1 aromatic rings. The highest BCUT2D eigenvalue weighted by atomic mass is 16.6. The van der Waals surface area contributed by atoms with E-state index in [1.807, 2.05) is 0 Å². The number of ether oxygens (including phenoxy) is 2. The highest BCUT2D eigenvalue weighted by Crippen LogP contribution is 2.31. The minimum atomic E-state index is -0.614. The number of carbonyl (C=O) groups is 2. The van der Waals surface area contributed by atoms with E-state index in [0.29, 0.717) is 5.56 Å². The second-order valence-corrected chi connectivity index (χ2v) is 4.21. The number of aryl methyl sites for hydroxylation is 1. The second kappa shape index (κ2) is 7.22. The summed E-state index contributed by atoms with van der Waals surface area (Å²) < 4.78 is 9.11. The molecule has 0 radical (unpaired) electrons. The van der Waals surface area contributed by atoms with Crippen LogP contribution in [0.2, 0.25) is 0 Å². The normalized spacial score (nSPS) is 9.86. The monoisotopic (exact) mass is 296 g/mol. The molecule has 0 fully saturated rings. The number of nitrogens with zero attached hydrogens (tertiary/aromatic N) is 2. The molecule has 0 aliphatic heterocycles. The number of methoxy groups -OCH3 is 2. The standard InChI is InChI=1S/C13H16N2O6/c1-9-5-4-6-10(15(18)19)13(9)14(7-11(16)20-2)8-12(17)21-3/h4-6H,7-8H2,1-3H3. The Balaban J connectivity index is 3.27. The predicted octanol–water partition coefficient (Wildman–Crippen LogP) is 1.06. The van der Waals surface area contributed by atoms with Crippen LogP contribution in [0, 0.1) is 17.0 Å². The Labute approximate surface area is 121 Å². The van der Waals surface area contributed by atoms with Gasteiger partial charge in [-0.3, -0.25) is 19.7 Å². The van der Waals surface area contributed by atoms with Gasteiger partial charge in [-0.05, 0) is 12.5 Å². The average Bonchev–Trinajstić information content (AvgIpc) is 2.45. The molecule has 1 rings (SSSR count). The van der Waals surface area contributed by atoms with E-state index in [0.717, 1.165) is 0 Å². The first kappa shape index (κ1) is 16.4. The van der Waals surface area contributed by atoms with Gasteiger partial charge in [-0.15, -0.1) is 0 Å². The molecule has 0 aliphatic rings. The third-order valence-electron chi connectivity index (χ3n) is 2.82. The maximum absolute atomic E-state index is 11.5. The summed E-state index contributed by atoms with van der Waals surface area (Å²) in [5.41, 5.74) is 0.568. The zero-order valence-electron chi connectivity index (χ0n) is 12.0. The first-order chi connectivity index (χ1) is 9.90. The lowest BCUT2D eigenvalue weighted by Crippen LogP contribution is -2.36. The van der Waals surface area contributed by atoms with Crippen LogP contribution in [-0.4, -0.2) is 44.2 Å². The molecule has 0 saturated carbocycles. The number of hydrogen-bond acceptors (Lipinski definition) is 7. The number of rotatable bonds is 6. The zero-order valence-corrected chi connectivity index (χ0v) is 12.0. The van der Waals surface area contributed by atoms with Crippen LogP contribution < -0.4 is 4.90 Å². The number of hydrogen-bond donors (Lipinski definition) is 0. The molecule has 8 nitrogen and oxygen atoms in total. The Morgan fingerprint density at radius 2 is 1.71 bits per heavy atom. The number of nitro groups is 1. The van der Waals surface area contributed by atoms with Gasteiger partial charge in [0.15, 0.2) is 0 Å². The first-order valence-electron chi connectivity index (χ1n) is 6.03. The SMILES string of the molecule is COC(=O)CN(CC(=O)OC)c1c(C)cccc1[N+](=O)[O-]. The van der Waals surface area contributed by atoms with E-state index in [1.54, 1.807) is 13.0 Å². The quantitative estimate of drug-likeness (QED) is 0.439. The van der Waals surface area contributed by atoms with Crippen molar-refractivity contribution >= 4 is 23.3 Å². The van der Waals surface area contributed by atoms with Crippen molar-refractivity contribution in [3.63, 3.8) is 0 Å². The van der Waals surface area contributed by atoms with Gasteiger partial charge in [0, 0.05) is 6.07 Å². The molecule has 21 heavy (non-hydrogen) atoms. The van der Waals surface area contributed by atoms with E-state index < -0.39 is 16.9 Å². The van der Waals surface area contributed by atoms with Gasteiger partial charge in [-0.2, -0.15) is 0 Å². The fourth-order valence-electron chi connectivity index (χ4n) is 1.86. The van der Waals surface area contributed by atoms with E-state index in [-0.39, 0.29) is 24.5 Å². The van der Waals surface area contributed by atoms with Crippen LogP contribution in [0.1, 0.15) is 5.56 Å². The molecule has 1 aromatic carbocycles. The van der Waals surface area contributed by atoms with Gasteiger partial charge in [0.1, 0.15) is 18.8 Å². The van der Waals surface area contributed by atoms with Crippen LogP contribution in [0.5, 0.6) is 0 Å². The molecule has 0 N–H and O–H groups in total. The molecular weight excluding hydrogens is 280 g/mol. The minimum absolute atomic E-state index is 0.192. The smallest absolute Gasteiger partial charge is 0.325 e. The number of anilines is 1.